The zero-order chi connectivity index (χ0) is 17.5. The van der Waals surface area contributed by atoms with Crippen LogP contribution in [0.5, 0.6) is 0 Å². The summed E-state index contributed by atoms with van der Waals surface area (Å²) in [6.07, 6.45) is 0. The lowest BCUT2D eigenvalue weighted by atomic mass is 10.3. The summed E-state index contributed by atoms with van der Waals surface area (Å²) in [6, 6.07) is 8.88. The molecule has 0 fully saturated rings. The van der Waals surface area contributed by atoms with E-state index in [0.717, 1.165) is 4.90 Å². The van der Waals surface area contributed by atoms with Gasteiger partial charge in [0, 0.05) is 31.4 Å². The number of hydrogen-bond donors (Lipinski definition) is 3. The Morgan fingerprint density at radius 2 is 1.83 bits per heavy atom. The first-order valence-corrected chi connectivity index (χ1v) is 7.91. The van der Waals surface area contributed by atoms with Gasteiger partial charge in [-0.1, -0.05) is 0 Å². The van der Waals surface area contributed by atoms with Gasteiger partial charge in [-0.2, -0.15) is 0 Å². The highest BCUT2D eigenvalue weighted by atomic mass is 32.1. The van der Waals surface area contributed by atoms with Crippen molar-refractivity contribution < 1.29 is 9.59 Å². The molecule has 2 aromatic rings. The van der Waals surface area contributed by atoms with Gasteiger partial charge in [0.05, 0.1) is 0 Å². The van der Waals surface area contributed by atoms with Crippen molar-refractivity contribution >= 4 is 36.1 Å². The lowest BCUT2D eigenvalue weighted by Gasteiger charge is -2.09. The van der Waals surface area contributed by atoms with Gasteiger partial charge in [-0.25, -0.2) is 9.97 Å². The molecule has 1 aromatic heterocycles. The van der Waals surface area contributed by atoms with Crippen molar-refractivity contribution in [2.45, 2.75) is 18.7 Å². The third kappa shape index (κ3) is 5.54. The van der Waals surface area contributed by atoms with E-state index in [0.29, 0.717) is 30.4 Å². The molecule has 0 bridgehead atoms. The highest BCUT2D eigenvalue weighted by molar-refractivity contribution is 7.58. The van der Waals surface area contributed by atoms with Crippen LogP contribution in [0.1, 0.15) is 23.1 Å². The number of aryl methyl sites for hydroxylation is 1. The van der Waals surface area contributed by atoms with Crippen molar-refractivity contribution in [3.8, 4) is 0 Å². The predicted octanol–water partition coefficient (Wildman–Crippen LogP) is 0.956. The quantitative estimate of drug-likeness (QED) is 0.535. The maximum Gasteiger partial charge on any atom is 0.274 e. The normalized spacial score (nSPS) is 10.1. The Bertz CT molecular complexity index is 734. The van der Waals surface area contributed by atoms with Crippen LogP contribution in [-0.2, 0) is 17.4 Å². The monoisotopic (exact) mass is 346 g/mol. The van der Waals surface area contributed by atoms with Gasteiger partial charge < -0.3 is 16.0 Å². The minimum absolute atomic E-state index is 0.101. The topological polar surface area (TPSA) is 96.0 Å². The van der Waals surface area contributed by atoms with Gasteiger partial charge in [0.1, 0.15) is 10.6 Å². The average Bonchev–Trinajstić information content (AvgIpc) is 2.53. The zero-order valence-corrected chi connectivity index (χ0v) is 14.5. The van der Waals surface area contributed by atoms with Crippen molar-refractivity contribution in [1.29, 1.82) is 0 Å². The number of benzene rings is 1. The Morgan fingerprint density at radius 1 is 1.12 bits per heavy atom. The minimum atomic E-state index is -0.313. The van der Waals surface area contributed by atoms with Crippen LogP contribution in [0.2, 0.25) is 0 Å². The summed E-state index contributed by atoms with van der Waals surface area (Å²) in [5.74, 6) is -0.0653. The third-order valence-electron chi connectivity index (χ3n) is 3.01. The molecule has 0 atom stereocenters. The Morgan fingerprint density at radius 3 is 2.50 bits per heavy atom. The van der Waals surface area contributed by atoms with Crippen LogP contribution in [0, 0.1) is 6.92 Å². The summed E-state index contributed by atoms with van der Waals surface area (Å²) in [7, 11) is 0. The molecular formula is C16H20N5O2S+. The summed E-state index contributed by atoms with van der Waals surface area (Å²) in [5.41, 5.74) is 1.62. The molecule has 7 nitrogen and oxygen atoms in total. The summed E-state index contributed by atoms with van der Waals surface area (Å²) in [5, 5.41) is 8.44. The lowest BCUT2D eigenvalue weighted by molar-refractivity contribution is -0.118. The second-order valence-corrected chi connectivity index (χ2v) is 5.74. The van der Waals surface area contributed by atoms with Crippen molar-refractivity contribution in [2.24, 2.45) is 0 Å². The SMILES string of the molecule is CC(=O)NCCNc1nc(C)cc(C(=O)Nc2ccc([SH2+])cc2)n1. The molecule has 1 heterocycles. The maximum atomic E-state index is 12.3. The van der Waals surface area contributed by atoms with Gasteiger partial charge in [-0.05, 0) is 49.9 Å². The van der Waals surface area contributed by atoms with Crippen LogP contribution in [0.15, 0.2) is 35.2 Å². The molecular weight excluding hydrogens is 326 g/mol. The molecule has 0 unspecified atom stereocenters. The number of carbonyl (C=O) groups is 2. The number of rotatable bonds is 6. The fraction of sp³-hybridized carbons (Fsp3) is 0.250. The molecule has 0 aliphatic heterocycles. The highest BCUT2D eigenvalue weighted by Gasteiger charge is 2.11. The largest absolute Gasteiger partial charge is 0.355 e. The Balaban J connectivity index is 2.02. The first-order chi connectivity index (χ1) is 11.4. The second-order valence-electron chi connectivity index (χ2n) is 5.16. The van der Waals surface area contributed by atoms with Gasteiger partial charge in [-0.3, -0.25) is 9.59 Å². The molecule has 1 aromatic carbocycles. The summed E-state index contributed by atoms with van der Waals surface area (Å²) in [4.78, 5) is 32.5. The molecule has 3 N–H and O–H groups in total. The van der Waals surface area contributed by atoms with Crippen molar-refractivity contribution in [2.75, 3.05) is 23.7 Å². The molecule has 8 heteroatoms. The van der Waals surface area contributed by atoms with Gasteiger partial charge >= 0.3 is 0 Å². The van der Waals surface area contributed by atoms with Crippen LogP contribution in [0.4, 0.5) is 11.6 Å². The maximum absolute atomic E-state index is 12.3. The molecule has 2 amide bonds. The first-order valence-electron chi connectivity index (χ1n) is 7.41. The molecule has 0 saturated carbocycles. The number of nitrogens with zero attached hydrogens (tertiary/aromatic N) is 2. The fourth-order valence-corrected chi connectivity index (χ4v) is 2.09. The molecule has 0 saturated heterocycles. The zero-order valence-electron chi connectivity index (χ0n) is 13.5. The Labute approximate surface area is 145 Å². The van der Waals surface area contributed by atoms with Crippen LogP contribution in [-0.4, -0.2) is 34.9 Å². The number of carbonyl (C=O) groups excluding carboxylic acids is 2. The summed E-state index contributed by atoms with van der Waals surface area (Å²) < 4.78 is 0. The summed E-state index contributed by atoms with van der Waals surface area (Å²) >= 11 is 3.40. The Kier molecular flexibility index (Phi) is 6.14. The lowest BCUT2D eigenvalue weighted by Crippen LogP contribution is -2.27. The van der Waals surface area contributed by atoms with E-state index in [9.17, 15) is 9.59 Å². The van der Waals surface area contributed by atoms with Gasteiger partial charge in [0.15, 0.2) is 0 Å². The molecule has 0 aliphatic carbocycles. The predicted molar refractivity (Wildman–Crippen MR) is 96.8 cm³/mol. The number of aromatic nitrogens is 2. The van der Waals surface area contributed by atoms with Crippen LogP contribution < -0.4 is 16.0 Å². The minimum Gasteiger partial charge on any atom is -0.355 e. The molecule has 0 spiro atoms. The van der Waals surface area contributed by atoms with Crippen molar-refractivity contribution in [3.63, 3.8) is 0 Å². The second kappa shape index (κ2) is 8.30. The van der Waals surface area contributed by atoms with E-state index >= 15 is 0 Å². The Hall–Kier alpha value is -2.61. The molecule has 0 aliphatic rings. The first kappa shape index (κ1) is 17.7. The van der Waals surface area contributed by atoms with Gasteiger partial charge in [0.25, 0.3) is 5.91 Å². The van der Waals surface area contributed by atoms with Crippen molar-refractivity contribution in [1.82, 2.24) is 15.3 Å². The number of hydrogen-bond acceptors (Lipinski definition) is 5. The average molecular weight is 346 g/mol. The summed E-state index contributed by atoms with van der Waals surface area (Å²) in [6.45, 7) is 4.16. The fourth-order valence-electron chi connectivity index (χ4n) is 1.93. The van der Waals surface area contributed by atoms with E-state index in [-0.39, 0.29) is 17.5 Å². The van der Waals surface area contributed by atoms with Crippen LogP contribution in [0.25, 0.3) is 0 Å². The molecule has 126 valence electrons. The van der Waals surface area contributed by atoms with Crippen LogP contribution in [0.3, 0.4) is 0 Å². The van der Waals surface area contributed by atoms with Gasteiger partial charge in [-0.15, -0.1) is 0 Å². The van der Waals surface area contributed by atoms with Gasteiger partial charge in [0.2, 0.25) is 11.9 Å². The number of nitrogens with one attached hydrogen (secondary N) is 3. The number of anilines is 2. The smallest absolute Gasteiger partial charge is 0.274 e. The third-order valence-corrected chi connectivity index (χ3v) is 3.35. The highest BCUT2D eigenvalue weighted by Crippen LogP contribution is 2.11. The van der Waals surface area contributed by atoms with E-state index < -0.39 is 0 Å². The molecule has 24 heavy (non-hydrogen) atoms. The van der Waals surface area contributed by atoms with E-state index in [1.165, 1.54) is 6.92 Å². The van der Waals surface area contributed by atoms with Crippen LogP contribution >= 0.6 is 0 Å². The van der Waals surface area contributed by atoms with E-state index in [4.69, 9.17) is 0 Å². The standard InChI is InChI=1S/C16H19N5O2S/c1-10-9-14(15(23)20-12-3-5-13(24)6-4-12)21-16(19-10)18-8-7-17-11(2)22/h3-6,9,24H,7-8H2,1-2H3,(H,17,22)(H,20,23)(H,18,19,21)/p+1. The van der Waals surface area contributed by atoms with E-state index in [1.807, 2.05) is 12.1 Å². The number of amides is 2. The van der Waals surface area contributed by atoms with E-state index in [1.54, 1.807) is 25.1 Å². The van der Waals surface area contributed by atoms with Crippen molar-refractivity contribution in [3.05, 3.63) is 41.7 Å². The molecule has 2 rings (SSSR count). The van der Waals surface area contributed by atoms with E-state index in [2.05, 4.69) is 38.5 Å². The molecule has 0 radical (unpaired) electrons.